The van der Waals surface area contributed by atoms with Crippen LogP contribution in [0.15, 0.2) is 251 Å². The van der Waals surface area contributed by atoms with Crippen molar-refractivity contribution in [1.29, 1.82) is 0 Å². The van der Waals surface area contributed by atoms with Crippen LogP contribution in [-0.2, 0) is 0 Å². The van der Waals surface area contributed by atoms with Crippen LogP contribution in [0.2, 0.25) is 0 Å². The molecule has 0 saturated heterocycles. The van der Waals surface area contributed by atoms with Crippen LogP contribution in [-0.4, -0.2) is 19.5 Å². The molecule has 0 unspecified atom stereocenters. The highest BCUT2D eigenvalue weighted by Crippen LogP contribution is 2.44. The fraction of sp³-hybridized carbons (Fsp3) is 0. The summed E-state index contributed by atoms with van der Waals surface area (Å²) in [4.78, 5) is 15.6. The van der Waals surface area contributed by atoms with Crippen LogP contribution < -0.4 is 0 Å². The molecule has 0 aliphatic rings. The Morgan fingerprint density at radius 1 is 0.316 bits per heavy atom. The molecule has 0 atom stereocenters. The Morgan fingerprint density at radius 3 is 1.79 bits per heavy atom. The minimum atomic E-state index is 0.548. The van der Waals surface area contributed by atoms with Crippen molar-refractivity contribution in [1.82, 2.24) is 19.5 Å². The average Bonchev–Trinajstić information content (AvgIpc) is 4.26. The SMILES string of the molecule is c1ccc(-c2nc(-c3ccc4c(c3)oc3c(-c5ccccc5)cccc34)nc(-c3cccc4oc5ccc(-c6ccc7c(c6)c6ccc(-c8cccc9c8sc8ccccc89)cc6n7-c6ccccc6)cc5c34)n2)cc1. The van der Waals surface area contributed by atoms with Gasteiger partial charge in [0.2, 0.25) is 0 Å². The summed E-state index contributed by atoms with van der Waals surface area (Å²) in [6.45, 7) is 0. The summed E-state index contributed by atoms with van der Waals surface area (Å²) in [5.74, 6) is 1.68. The lowest BCUT2D eigenvalue weighted by molar-refractivity contribution is 0.669. The zero-order valence-corrected chi connectivity index (χ0v) is 41.4. The Labute approximate surface area is 439 Å². The van der Waals surface area contributed by atoms with E-state index in [0.717, 1.165) is 99.5 Å². The van der Waals surface area contributed by atoms with Gasteiger partial charge < -0.3 is 13.4 Å². The first kappa shape index (κ1) is 42.5. The molecule has 0 spiro atoms. The molecule has 16 rings (SSSR count). The van der Waals surface area contributed by atoms with Crippen LogP contribution in [0.3, 0.4) is 0 Å². The third-order valence-corrected chi connectivity index (χ3v) is 16.3. The molecule has 6 nitrogen and oxygen atoms in total. The smallest absolute Gasteiger partial charge is 0.164 e. The van der Waals surface area contributed by atoms with Gasteiger partial charge in [-0.2, -0.15) is 0 Å². The lowest BCUT2D eigenvalue weighted by atomic mass is 9.98. The highest BCUT2D eigenvalue weighted by Gasteiger charge is 2.22. The number of para-hydroxylation sites is 2. The van der Waals surface area contributed by atoms with Gasteiger partial charge in [-0.3, -0.25) is 0 Å². The van der Waals surface area contributed by atoms with Crippen LogP contribution in [0.5, 0.6) is 0 Å². The van der Waals surface area contributed by atoms with Crippen molar-refractivity contribution in [2.75, 3.05) is 0 Å². The maximum atomic E-state index is 6.70. The summed E-state index contributed by atoms with van der Waals surface area (Å²) in [5, 5.41) is 9.00. The summed E-state index contributed by atoms with van der Waals surface area (Å²) in [6.07, 6.45) is 0. The Morgan fingerprint density at radius 2 is 0.947 bits per heavy atom. The number of benzene rings is 11. The molecular formula is C69H40N4O2S. The third kappa shape index (κ3) is 6.69. The van der Waals surface area contributed by atoms with E-state index in [1.807, 2.05) is 59.9 Å². The van der Waals surface area contributed by atoms with Gasteiger partial charge in [-0.25, -0.2) is 15.0 Å². The van der Waals surface area contributed by atoms with E-state index in [2.05, 4.69) is 199 Å². The van der Waals surface area contributed by atoms with Gasteiger partial charge in [-0.1, -0.05) is 176 Å². The highest BCUT2D eigenvalue weighted by molar-refractivity contribution is 7.26. The number of nitrogens with zero attached hydrogens (tertiary/aromatic N) is 4. The van der Waals surface area contributed by atoms with E-state index in [1.54, 1.807) is 0 Å². The fourth-order valence-corrected chi connectivity index (χ4v) is 12.8. The molecule has 0 radical (unpaired) electrons. The molecule has 354 valence electrons. The number of hydrogen-bond acceptors (Lipinski definition) is 6. The van der Waals surface area contributed by atoms with Gasteiger partial charge in [0.25, 0.3) is 0 Å². The molecule has 0 amide bonds. The predicted octanol–water partition coefficient (Wildman–Crippen LogP) is 19.1. The van der Waals surface area contributed by atoms with Crippen molar-refractivity contribution in [2.24, 2.45) is 0 Å². The number of aromatic nitrogens is 4. The minimum Gasteiger partial charge on any atom is -0.456 e. The van der Waals surface area contributed by atoms with E-state index >= 15 is 0 Å². The number of furan rings is 2. The van der Waals surface area contributed by atoms with Crippen molar-refractivity contribution >= 4 is 97.2 Å². The molecule has 0 fully saturated rings. The predicted molar refractivity (Wildman–Crippen MR) is 314 cm³/mol. The van der Waals surface area contributed by atoms with Gasteiger partial charge in [0.05, 0.1) is 11.0 Å². The van der Waals surface area contributed by atoms with Gasteiger partial charge >= 0.3 is 0 Å². The van der Waals surface area contributed by atoms with E-state index < -0.39 is 0 Å². The Bertz CT molecular complexity index is 4990. The van der Waals surface area contributed by atoms with Gasteiger partial charge in [0.1, 0.15) is 22.3 Å². The lowest BCUT2D eigenvalue weighted by Gasteiger charge is -2.10. The summed E-state index contributed by atoms with van der Waals surface area (Å²) in [6, 6.07) is 85.7. The van der Waals surface area contributed by atoms with E-state index in [-0.39, 0.29) is 0 Å². The second-order valence-electron chi connectivity index (χ2n) is 19.4. The largest absolute Gasteiger partial charge is 0.456 e. The number of thiophene rings is 1. The zero-order chi connectivity index (χ0) is 49.8. The second kappa shape index (κ2) is 16.8. The maximum absolute atomic E-state index is 6.70. The second-order valence-corrected chi connectivity index (χ2v) is 20.5. The van der Waals surface area contributed by atoms with Crippen molar-refractivity contribution in [3.05, 3.63) is 243 Å². The van der Waals surface area contributed by atoms with E-state index in [0.29, 0.717) is 17.5 Å². The topological polar surface area (TPSA) is 69.9 Å². The van der Waals surface area contributed by atoms with Crippen molar-refractivity contribution in [3.63, 3.8) is 0 Å². The van der Waals surface area contributed by atoms with Gasteiger partial charge in [0, 0.05) is 80.4 Å². The molecule has 11 aromatic carbocycles. The number of rotatable bonds is 7. The fourth-order valence-electron chi connectivity index (χ4n) is 11.5. The lowest BCUT2D eigenvalue weighted by Crippen LogP contribution is -2.00. The molecule has 0 aliphatic heterocycles. The van der Waals surface area contributed by atoms with Crippen molar-refractivity contribution in [3.8, 4) is 73.2 Å². The van der Waals surface area contributed by atoms with Gasteiger partial charge in [0.15, 0.2) is 17.5 Å². The standard InChI is InChI=1S/C69H40N4O2S/c1-4-15-41(16-5-1)48-22-12-24-53-51-34-30-46(40-62(51)75-65(48)53)68-70-67(42-17-6-2-7-18-42)71-69(72-68)55-26-14-27-61-64(55)57-38-44(32-36-60(57)74-61)43-31-35-58-56(37-43)50-33-29-45(39-59(50)73(58)47-19-8-3-9-20-47)49-23-13-25-54-52-21-10-11-28-63(52)76-66(49)54/h1-40H. The molecular weight excluding hydrogens is 949 g/mol. The van der Waals surface area contributed by atoms with E-state index in [4.69, 9.17) is 23.8 Å². The molecule has 76 heavy (non-hydrogen) atoms. The van der Waals surface area contributed by atoms with Gasteiger partial charge in [-0.15, -0.1) is 11.3 Å². The average molecular weight is 989 g/mol. The Balaban J connectivity index is 0.837. The first-order valence-electron chi connectivity index (χ1n) is 25.5. The monoisotopic (exact) mass is 988 g/mol. The molecule has 0 N–H and O–H groups in total. The van der Waals surface area contributed by atoms with E-state index in [1.165, 1.54) is 42.1 Å². The summed E-state index contributed by atoms with van der Waals surface area (Å²) >= 11 is 1.87. The molecule has 5 aromatic heterocycles. The van der Waals surface area contributed by atoms with Crippen LogP contribution >= 0.6 is 11.3 Å². The summed E-state index contributed by atoms with van der Waals surface area (Å²) in [7, 11) is 0. The molecule has 7 heteroatoms. The quantitative estimate of drug-likeness (QED) is 0.159. The van der Waals surface area contributed by atoms with Crippen molar-refractivity contribution < 1.29 is 8.83 Å². The van der Waals surface area contributed by atoms with Crippen molar-refractivity contribution in [2.45, 2.75) is 0 Å². The minimum absolute atomic E-state index is 0.548. The zero-order valence-electron chi connectivity index (χ0n) is 40.6. The number of hydrogen-bond donors (Lipinski definition) is 0. The highest BCUT2D eigenvalue weighted by atomic mass is 32.1. The molecule has 16 aromatic rings. The maximum Gasteiger partial charge on any atom is 0.164 e. The Kier molecular flexibility index (Phi) is 9.40. The molecule has 0 aliphatic carbocycles. The first-order chi connectivity index (χ1) is 37.6. The van der Waals surface area contributed by atoms with Crippen LogP contribution in [0.25, 0.3) is 159 Å². The summed E-state index contributed by atoms with van der Waals surface area (Å²) < 4.78 is 18.4. The van der Waals surface area contributed by atoms with Crippen LogP contribution in [0, 0.1) is 0 Å². The van der Waals surface area contributed by atoms with Crippen LogP contribution in [0.4, 0.5) is 0 Å². The third-order valence-electron chi connectivity index (χ3n) is 15.1. The van der Waals surface area contributed by atoms with E-state index in [9.17, 15) is 0 Å². The molecule has 0 saturated carbocycles. The van der Waals surface area contributed by atoms with Crippen LogP contribution in [0.1, 0.15) is 0 Å². The Hall–Kier alpha value is -9.95. The normalized spacial score (nSPS) is 11.9. The number of fused-ring (bicyclic) bond motifs is 12. The summed E-state index contributed by atoms with van der Waals surface area (Å²) in [5.41, 5.74) is 16.0. The first-order valence-corrected chi connectivity index (χ1v) is 26.3. The molecule has 0 bridgehead atoms. The van der Waals surface area contributed by atoms with Gasteiger partial charge in [-0.05, 0) is 94.5 Å². The molecule has 5 heterocycles.